The van der Waals surface area contributed by atoms with Crippen molar-refractivity contribution in [2.75, 3.05) is 18.8 Å². The largest absolute Gasteiger partial charge is 0.399 e. The van der Waals surface area contributed by atoms with E-state index in [2.05, 4.69) is 0 Å². The topological polar surface area (TPSA) is 66.6 Å². The Bertz CT molecular complexity index is 422. The zero-order valence-electron chi connectivity index (χ0n) is 8.69. The maximum atomic E-state index is 12.0. The molecule has 1 atom stereocenters. The van der Waals surface area contributed by atoms with Gasteiger partial charge in [0, 0.05) is 18.8 Å². The second-order valence-corrected chi connectivity index (χ2v) is 4.34. The van der Waals surface area contributed by atoms with Crippen LogP contribution in [0.2, 0.25) is 5.02 Å². The van der Waals surface area contributed by atoms with Crippen LogP contribution in [0.4, 0.5) is 5.69 Å². The number of likely N-dealkylation sites (tertiary alicyclic amines) is 1. The highest BCUT2D eigenvalue weighted by molar-refractivity contribution is 6.34. The van der Waals surface area contributed by atoms with Gasteiger partial charge in [-0.2, -0.15) is 0 Å². The molecular formula is C11H13ClN2O2. The second-order valence-electron chi connectivity index (χ2n) is 3.93. The van der Waals surface area contributed by atoms with Crippen molar-refractivity contribution in [1.82, 2.24) is 4.90 Å². The number of anilines is 1. The second kappa shape index (κ2) is 4.31. The molecule has 1 heterocycles. The molecule has 1 aromatic carbocycles. The van der Waals surface area contributed by atoms with E-state index in [1.165, 1.54) is 0 Å². The van der Waals surface area contributed by atoms with Crippen LogP contribution in [-0.2, 0) is 0 Å². The fourth-order valence-corrected chi connectivity index (χ4v) is 2.07. The van der Waals surface area contributed by atoms with Crippen molar-refractivity contribution in [3.63, 3.8) is 0 Å². The van der Waals surface area contributed by atoms with E-state index >= 15 is 0 Å². The summed E-state index contributed by atoms with van der Waals surface area (Å²) in [6.07, 6.45) is 0.203. The highest BCUT2D eigenvalue weighted by atomic mass is 35.5. The molecule has 0 aromatic heterocycles. The molecule has 0 unspecified atom stereocenters. The molecule has 0 radical (unpaired) electrons. The van der Waals surface area contributed by atoms with E-state index in [9.17, 15) is 9.90 Å². The number of hydrogen-bond acceptors (Lipinski definition) is 3. The third kappa shape index (κ3) is 2.13. The number of amides is 1. The number of rotatable bonds is 1. The van der Waals surface area contributed by atoms with Crippen molar-refractivity contribution in [3.05, 3.63) is 28.8 Å². The molecule has 1 saturated heterocycles. The fourth-order valence-electron chi connectivity index (χ4n) is 1.80. The van der Waals surface area contributed by atoms with Gasteiger partial charge >= 0.3 is 0 Å². The number of aliphatic hydroxyl groups is 1. The molecule has 1 aromatic rings. The van der Waals surface area contributed by atoms with Gasteiger partial charge in [-0.05, 0) is 24.6 Å². The molecule has 1 aliphatic rings. The number of nitrogens with zero attached hydrogens (tertiary/aromatic N) is 1. The lowest BCUT2D eigenvalue weighted by molar-refractivity contribution is 0.0765. The third-order valence-corrected chi connectivity index (χ3v) is 2.99. The Morgan fingerprint density at radius 1 is 1.56 bits per heavy atom. The summed E-state index contributed by atoms with van der Waals surface area (Å²) in [7, 11) is 0. The SMILES string of the molecule is Nc1ccc(C(=O)N2CC[C@@H](O)C2)c(Cl)c1. The number of carbonyl (C=O) groups is 1. The fraction of sp³-hybridized carbons (Fsp3) is 0.364. The number of carbonyl (C=O) groups excluding carboxylic acids is 1. The van der Waals surface area contributed by atoms with Gasteiger partial charge in [0.15, 0.2) is 0 Å². The quantitative estimate of drug-likeness (QED) is 0.724. The molecule has 1 amide bonds. The predicted molar refractivity (Wildman–Crippen MR) is 62.4 cm³/mol. The van der Waals surface area contributed by atoms with Crippen LogP contribution in [-0.4, -0.2) is 35.1 Å². The van der Waals surface area contributed by atoms with Crippen molar-refractivity contribution >= 4 is 23.2 Å². The van der Waals surface area contributed by atoms with Crippen LogP contribution in [0, 0.1) is 0 Å². The Hall–Kier alpha value is -1.26. The van der Waals surface area contributed by atoms with Gasteiger partial charge in [-0.3, -0.25) is 4.79 Å². The van der Waals surface area contributed by atoms with Gasteiger partial charge in [0.1, 0.15) is 0 Å². The lowest BCUT2D eigenvalue weighted by atomic mass is 10.2. The van der Waals surface area contributed by atoms with Crippen LogP contribution >= 0.6 is 11.6 Å². The van der Waals surface area contributed by atoms with Crippen molar-refractivity contribution < 1.29 is 9.90 Å². The molecule has 2 rings (SSSR count). The standard InChI is InChI=1S/C11H13ClN2O2/c12-10-5-7(13)1-2-9(10)11(16)14-4-3-8(15)6-14/h1-2,5,8,15H,3-4,6,13H2/t8-/m1/s1. The lowest BCUT2D eigenvalue weighted by Gasteiger charge is -2.16. The van der Waals surface area contributed by atoms with Crippen LogP contribution in [0.25, 0.3) is 0 Å². The minimum Gasteiger partial charge on any atom is -0.399 e. The summed E-state index contributed by atoms with van der Waals surface area (Å²) >= 11 is 5.95. The minimum atomic E-state index is -0.420. The number of benzene rings is 1. The Labute approximate surface area is 98.6 Å². The molecule has 1 aliphatic heterocycles. The summed E-state index contributed by atoms with van der Waals surface area (Å²) in [5.41, 5.74) is 6.52. The Morgan fingerprint density at radius 3 is 2.88 bits per heavy atom. The molecule has 1 fully saturated rings. The summed E-state index contributed by atoms with van der Waals surface area (Å²) < 4.78 is 0. The van der Waals surface area contributed by atoms with Crippen molar-refractivity contribution in [3.8, 4) is 0 Å². The first-order chi connectivity index (χ1) is 7.58. The Balaban J connectivity index is 2.21. The molecular weight excluding hydrogens is 228 g/mol. The molecule has 0 bridgehead atoms. The maximum absolute atomic E-state index is 12.0. The molecule has 86 valence electrons. The third-order valence-electron chi connectivity index (χ3n) is 2.67. The summed E-state index contributed by atoms with van der Waals surface area (Å²) in [6, 6.07) is 4.82. The van der Waals surface area contributed by atoms with Crippen LogP contribution in [0.1, 0.15) is 16.8 Å². The smallest absolute Gasteiger partial charge is 0.255 e. The number of nitrogen functional groups attached to an aromatic ring is 1. The molecule has 0 aliphatic carbocycles. The first-order valence-corrected chi connectivity index (χ1v) is 5.48. The minimum absolute atomic E-state index is 0.151. The average Bonchev–Trinajstić information content (AvgIpc) is 2.64. The zero-order chi connectivity index (χ0) is 11.7. The lowest BCUT2D eigenvalue weighted by Crippen LogP contribution is -2.29. The number of halogens is 1. The summed E-state index contributed by atoms with van der Waals surface area (Å²) in [5, 5.41) is 9.72. The van der Waals surface area contributed by atoms with Gasteiger partial charge in [0.2, 0.25) is 0 Å². The van der Waals surface area contributed by atoms with E-state index in [-0.39, 0.29) is 5.91 Å². The zero-order valence-corrected chi connectivity index (χ0v) is 9.44. The van der Waals surface area contributed by atoms with E-state index in [0.29, 0.717) is 35.8 Å². The van der Waals surface area contributed by atoms with Crippen LogP contribution < -0.4 is 5.73 Å². The highest BCUT2D eigenvalue weighted by Gasteiger charge is 2.26. The van der Waals surface area contributed by atoms with Crippen LogP contribution in [0.15, 0.2) is 18.2 Å². The van der Waals surface area contributed by atoms with E-state index in [4.69, 9.17) is 17.3 Å². The van der Waals surface area contributed by atoms with Crippen molar-refractivity contribution in [1.29, 1.82) is 0 Å². The van der Waals surface area contributed by atoms with Crippen molar-refractivity contribution in [2.24, 2.45) is 0 Å². The first-order valence-electron chi connectivity index (χ1n) is 5.10. The predicted octanol–water partition coefficient (Wildman–Crippen LogP) is 1.13. The van der Waals surface area contributed by atoms with Crippen LogP contribution in [0.3, 0.4) is 0 Å². The molecule has 5 heteroatoms. The van der Waals surface area contributed by atoms with Gasteiger partial charge < -0.3 is 15.7 Å². The molecule has 4 nitrogen and oxygen atoms in total. The van der Waals surface area contributed by atoms with Gasteiger partial charge in [-0.15, -0.1) is 0 Å². The van der Waals surface area contributed by atoms with Crippen molar-refractivity contribution in [2.45, 2.75) is 12.5 Å². The van der Waals surface area contributed by atoms with Gasteiger partial charge in [-0.25, -0.2) is 0 Å². The number of β-amino-alcohol motifs (C(OH)–C–C–N with tert-alkyl or cyclic N) is 1. The molecule has 16 heavy (non-hydrogen) atoms. The van der Waals surface area contributed by atoms with E-state index in [0.717, 1.165) is 0 Å². The molecule has 0 saturated carbocycles. The van der Waals surface area contributed by atoms with E-state index in [1.807, 2.05) is 0 Å². The molecule has 3 N–H and O–H groups in total. The summed E-state index contributed by atoms with van der Waals surface area (Å²) in [5.74, 6) is -0.151. The van der Waals surface area contributed by atoms with E-state index < -0.39 is 6.10 Å². The Morgan fingerprint density at radius 2 is 2.31 bits per heavy atom. The summed E-state index contributed by atoms with van der Waals surface area (Å²) in [4.78, 5) is 13.6. The highest BCUT2D eigenvalue weighted by Crippen LogP contribution is 2.22. The monoisotopic (exact) mass is 240 g/mol. The number of hydrogen-bond donors (Lipinski definition) is 2. The first kappa shape index (κ1) is 11.2. The maximum Gasteiger partial charge on any atom is 0.255 e. The van der Waals surface area contributed by atoms with Gasteiger partial charge in [-0.1, -0.05) is 11.6 Å². The van der Waals surface area contributed by atoms with Gasteiger partial charge in [0.05, 0.1) is 16.7 Å². The molecule has 0 spiro atoms. The van der Waals surface area contributed by atoms with Gasteiger partial charge in [0.25, 0.3) is 5.91 Å². The van der Waals surface area contributed by atoms with E-state index in [1.54, 1.807) is 23.1 Å². The summed E-state index contributed by atoms with van der Waals surface area (Å²) in [6.45, 7) is 0.945. The number of aliphatic hydroxyl groups excluding tert-OH is 1. The Kier molecular flexibility index (Phi) is 3.03. The normalized spacial score (nSPS) is 20.1. The van der Waals surface area contributed by atoms with Crippen LogP contribution in [0.5, 0.6) is 0 Å². The number of nitrogens with two attached hydrogens (primary N) is 1. The average molecular weight is 241 g/mol.